The van der Waals surface area contributed by atoms with Crippen LogP contribution >= 0.6 is 0 Å². The molecule has 4 N–H and O–H groups in total. The maximum atomic E-state index is 14.0. The molecule has 0 unspecified atom stereocenters. The van der Waals surface area contributed by atoms with E-state index in [1.165, 1.54) is 0 Å². The molecular formula is C32H40N4O6. The maximum absolute atomic E-state index is 14.0. The molecule has 3 amide bonds. The molecule has 3 aromatic rings. The van der Waals surface area contributed by atoms with Crippen molar-refractivity contribution in [3.63, 3.8) is 0 Å². The van der Waals surface area contributed by atoms with Gasteiger partial charge in [0, 0.05) is 36.6 Å². The van der Waals surface area contributed by atoms with E-state index in [9.17, 15) is 24.3 Å². The van der Waals surface area contributed by atoms with Crippen molar-refractivity contribution in [1.29, 1.82) is 0 Å². The number of hydrogen-bond donors (Lipinski definition) is 4. The number of aromatic amines is 1. The minimum atomic E-state index is -1.38. The summed E-state index contributed by atoms with van der Waals surface area (Å²) in [4.78, 5) is 57.2. The number of carboxylic acid groups (broad SMARTS) is 1. The van der Waals surface area contributed by atoms with Gasteiger partial charge in [0.2, 0.25) is 11.8 Å². The Morgan fingerprint density at radius 2 is 1.60 bits per heavy atom. The van der Waals surface area contributed by atoms with Crippen molar-refractivity contribution in [2.45, 2.75) is 76.5 Å². The van der Waals surface area contributed by atoms with Crippen molar-refractivity contribution in [1.82, 2.24) is 20.5 Å². The van der Waals surface area contributed by atoms with Crippen LogP contribution in [0.4, 0.5) is 4.79 Å². The van der Waals surface area contributed by atoms with Gasteiger partial charge >= 0.3 is 12.1 Å². The van der Waals surface area contributed by atoms with Gasteiger partial charge in [-0.3, -0.25) is 14.4 Å². The summed E-state index contributed by atoms with van der Waals surface area (Å²) in [7, 11) is 0. The molecule has 1 aliphatic heterocycles. The molecule has 1 fully saturated rings. The van der Waals surface area contributed by atoms with Crippen LogP contribution in [-0.4, -0.2) is 69.1 Å². The van der Waals surface area contributed by atoms with Gasteiger partial charge in [0.1, 0.15) is 17.2 Å². The van der Waals surface area contributed by atoms with E-state index >= 15 is 0 Å². The summed E-state index contributed by atoms with van der Waals surface area (Å²) in [5.74, 6) is -1.78. The van der Waals surface area contributed by atoms with Crippen molar-refractivity contribution in [2.24, 2.45) is 0 Å². The maximum Gasteiger partial charge on any atom is 0.408 e. The highest BCUT2D eigenvalue weighted by Gasteiger charge is 2.45. The van der Waals surface area contributed by atoms with Crippen LogP contribution in [0.5, 0.6) is 0 Å². The summed E-state index contributed by atoms with van der Waals surface area (Å²) in [6.07, 6.45) is 1.78. The van der Waals surface area contributed by atoms with E-state index in [0.29, 0.717) is 5.56 Å². The molecule has 4 rings (SSSR count). The number of fused-ring (bicyclic) bond motifs is 1. The van der Waals surface area contributed by atoms with Gasteiger partial charge in [-0.25, -0.2) is 4.79 Å². The van der Waals surface area contributed by atoms with E-state index in [-0.39, 0.29) is 38.3 Å². The lowest BCUT2D eigenvalue weighted by Gasteiger charge is -2.40. The third kappa shape index (κ3) is 6.75. The predicted octanol–water partition coefficient (Wildman–Crippen LogP) is 4.14. The minimum absolute atomic E-state index is 0.205. The van der Waals surface area contributed by atoms with Gasteiger partial charge in [0.05, 0.1) is 5.41 Å². The van der Waals surface area contributed by atoms with Crippen LogP contribution in [0, 0.1) is 0 Å². The zero-order chi connectivity index (χ0) is 30.7. The number of nitrogens with zero attached hydrogens (tertiary/aromatic N) is 1. The molecule has 0 spiro atoms. The molecule has 2 aromatic carbocycles. The molecule has 224 valence electrons. The third-order valence-corrected chi connectivity index (χ3v) is 7.75. The number of ether oxygens (including phenoxy) is 1. The second-order valence-electron chi connectivity index (χ2n) is 12.4. The second kappa shape index (κ2) is 11.9. The van der Waals surface area contributed by atoms with Crippen molar-refractivity contribution in [3.8, 4) is 0 Å². The third-order valence-electron chi connectivity index (χ3n) is 7.75. The number of carbonyl (C=O) groups is 4. The molecule has 2 heterocycles. The Hall–Kier alpha value is -4.34. The SMILES string of the molecule is CC(C)(C)OC(=O)NC(C)(C)C(=O)N[C@H](Cc1c[nH]c2ccccc12)C(=O)N1CCC(C(=O)O)(c2ccccc2)CC1. The number of aromatic nitrogens is 1. The average Bonchev–Trinajstić information content (AvgIpc) is 3.34. The number of amides is 3. The number of piperidine rings is 1. The topological polar surface area (TPSA) is 141 Å². The highest BCUT2D eigenvalue weighted by atomic mass is 16.6. The predicted molar refractivity (Wildman–Crippen MR) is 159 cm³/mol. The quantitative estimate of drug-likeness (QED) is 0.318. The van der Waals surface area contributed by atoms with Crippen LogP contribution in [0.15, 0.2) is 60.8 Å². The van der Waals surface area contributed by atoms with Crippen molar-refractivity contribution >= 4 is 34.8 Å². The van der Waals surface area contributed by atoms with Gasteiger partial charge in [0.15, 0.2) is 0 Å². The standard InChI is InChI=1S/C32H40N4O6/c1-30(2,3)42-29(41)35-31(4,5)27(38)34-25(19-21-20-33-24-14-10-9-13-23(21)24)26(37)36-17-15-32(16-18-36,28(39)40)22-11-7-6-8-12-22/h6-14,20,25,33H,15-19H2,1-5H3,(H,34,38)(H,35,41)(H,39,40)/t25-/m1/s1. The summed E-state index contributed by atoms with van der Waals surface area (Å²) >= 11 is 0. The van der Waals surface area contributed by atoms with Crippen LogP contribution in [-0.2, 0) is 31.0 Å². The molecule has 42 heavy (non-hydrogen) atoms. The number of para-hydroxylation sites is 1. The average molecular weight is 577 g/mol. The molecule has 0 aliphatic carbocycles. The smallest absolute Gasteiger partial charge is 0.408 e. The molecule has 1 aliphatic rings. The molecule has 10 nitrogen and oxygen atoms in total. The van der Waals surface area contributed by atoms with Gasteiger partial charge in [-0.15, -0.1) is 0 Å². The Balaban J connectivity index is 1.56. The van der Waals surface area contributed by atoms with Gasteiger partial charge in [0.25, 0.3) is 0 Å². The summed E-state index contributed by atoms with van der Waals surface area (Å²) in [6, 6.07) is 15.8. The molecule has 1 aromatic heterocycles. The zero-order valence-electron chi connectivity index (χ0n) is 24.8. The molecule has 0 saturated carbocycles. The van der Waals surface area contributed by atoms with E-state index in [0.717, 1.165) is 16.5 Å². The largest absolute Gasteiger partial charge is 0.481 e. The number of likely N-dealkylation sites (tertiary alicyclic amines) is 1. The number of alkyl carbamates (subject to hydrolysis) is 1. The van der Waals surface area contributed by atoms with Gasteiger partial charge in [-0.2, -0.15) is 0 Å². The lowest BCUT2D eigenvalue weighted by molar-refractivity contribution is -0.149. The number of benzene rings is 2. The van der Waals surface area contributed by atoms with Gasteiger partial charge < -0.3 is 30.4 Å². The molecule has 0 radical (unpaired) electrons. The van der Waals surface area contributed by atoms with Crippen LogP contribution in [0.2, 0.25) is 0 Å². The number of hydrogen-bond acceptors (Lipinski definition) is 5. The molecule has 0 bridgehead atoms. The normalized spacial score (nSPS) is 16.0. The Morgan fingerprint density at radius 3 is 2.21 bits per heavy atom. The summed E-state index contributed by atoms with van der Waals surface area (Å²) < 4.78 is 5.32. The molecular weight excluding hydrogens is 536 g/mol. The Kier molecular flexibility index (Phi) is 8.65. The first-order valence-corrected chi connectivity index (χ1v) is 14.2. The number of H-pyrrole nitrogens is 1. The van der Waals surface area contributed by atoms with Crippen LogP contribution in [0.3, 0.4) is 0 Å². The lowest BCUT2D eigenvalue weighted by atomic mass is 9.72. The summed E-state index contributed by atoms with van der Waals surface area (Å²) in [5.41, 5.74) is -0.749. The number of carbonyl (C=O) groups excluding carboxylic acids is 3. The van der Waals surface area contributed by atoms with Gasteiger partial charge in [-0.1, -0.05) is 48.5 Å². The highest BCUT2D eigenvalue weighted by Crippen LogP contribution is 2.36. The van der Waals surface area contributed by atoms with Gasteiger partial charge in [-0.05, 0) is 64.7 Å². The van der Waals surface area contributed by atoms with E-state index in [1.807, 2.05) is 60.8 Å². The first kappa shape index (κ1) is 30.6. The van der Waals surface area contributed by atoms with E-state index < -0.39 is 40.6 Å². The first-order chi connectivity index (χ1) is 19.7. The lowest BCUT2D eigenvalue weighted by Crippen LogP contribution is -2.61. The fraction of sp³-hybridized carbons (Fsp3) is 0.438. The summed E-state index contributed by atoms with van der Waals surface area (Å²) in [5, 5.41) is 16.6. The second-order valence-corrected chi connectivity index (χ2v) is 12.4. The van der Waals surface area contributed by atoms with Crippen molar-refractivity contribution in [3.05, 3.63) is 71.9 Å². The number of carboxylic acids is 1. The number of nitrogens with one attached hydrogen (secondary N) is 3. The van der Waals surface area contributed by atoms with Crippen molar-refractivity contribution in [2.75, 3.05) is 13.1 Å². The number of rotatable bonds is 8. The molecule has 1 saturated heterocycles. The fourth-order valence-corrected chi connectivity index (χ4v) is 5.39. The van der Waals surface area contributed by atoms with E-state index in [4.69, 9.17) is 4.74 Å². The fourth-order valence-electron chi connectivity index (χ4n) is 5.39. The Labute approximate surface area is 245 Å². The Morgan fingerprint density at radius 1 is 0.976 bits per heavy atom. The van der Waals surface area contributed by atoms with Crippen LogP contribution < -0.4 is 10.6 Å². The van der Waals surface area contributed by atoms with Crippen LogP contribution in [0.1, 0.15) is 58.6 Å². The first-order valence-electron chi connectivity index (χ1n) is 14.2. The zero-order valence-corrected chi connectivity index (χ0v) is 24.8. The Bertz CT molecular complexity index is 1450. The van der Waals surface area contributed by atoms with Crippen molar-refractivity contribution < 1.29 is 29.0 Å². The van der Waals surface area contributed by atoms with E-state index in [1.54, 1.807) is 39.5 Å². The summed E-state index contributed by atoms with van der Waals surface area (Å²) in [6.45, 7) is 8.71. The molecule has 10 heteroatoms. The molecule has 1 atom stereocenters. The minimum Gasteiger partial charge on any atom is -0.481 e. The van der Waals surface area contributed by atoms with E-state index in [2.05, 4.69) is 15.6 Å². The number of aliphatic carboxylic acids is 1. The highest BCUT2D eigenvalue weighted by molar-refractivity contribution is 5.94. The van der Waals surface area contributed by atoms with Crippen LogP contribution in [0.25, 0.3) is 10.9 Å². The monoisotopic (exact) mass is 576 g/mol.